The lowest BCUT2D eigenvalue weighted by atomic mass is 9.86. The van der Waals surface area contributed by atoms with Gasteiger partial charge in [0.25, 0.3) is 0 Å². The van der Waals surface area contributed by atoms with E-state index in [1.807, 2.05) is 7.11 Å². The van der Waals surface area contributed by atoms with Crippen LogP contribution in [0.15, 0.2) is 0 Å². The van der Waals surface area contributed by atoms with Gasteiger partial charge in [0.15, 0.2) is 0 Å². The molecule has 0 saturated heterocycles. The topological polar surface area (TPSA) is 9.23 Å². The Morgan fingerprint density at radius 1 is 1.20 bits per heavy atom. The summed E-state index contributed by atoms with van der Waals surface area (Å²) in [6.07, 6.45) is 8.45. The number of fused-ring (bicyclic) bond motifs is 2. The highest BCUT2D eigenvalue weighted by molar-refractivity contribution is 4.95. The Morgan fingerprint density at radius 3 is 2.20 bits per heavy atom. The summed E-state index contributed by atoms with van der Waals surface area (Å²) < 4.78 is 5.46. The monoisotopic (exact) mass is 139 g/mol. The maximum Gasteiger partial charge on any atom is 0.0627 e. The molecule has 10 heavy (non-hydrogen) atoms. The van der Waals surface area contributed by atoms with Gasteiger partial charge < -0.3 is 4.74 Å². The zero-order chi connectivity index (χ0) is 6.97. The second kappa shape index (κ2) is 2.54. The molecule has 2 aliphatic carbocycles. The average molecular weight is 139 g/mol. The molecule has 2 aliphatic rings. The minimum Gasteiger partial charge on any atom is -0.381 e. The van der Waals surface area contributed by atoms with Gasteiger partial charge in [-0.1, -0.05) is 0 Å². The van der Waals surface area contributed by atoms with Crippen LogP contribution < -0.4 is 0 Å². The third-order valence-electron chi connectivity index (χ3n) is 3.05. The van der Waals surface area contributed by atoms with Gasteiger partial charge >= 0.3 is 0 Å². The molecule has 2 bridgehead atoms. The van der Waals surface area contributed by atoms with E-state index in [0.717, 1.165) is 11.8 Å². The molecule has 0 spiro atoms. The molecule has 1 nitrogen and oxygen atoms in total. The van der Waals surface area contributed by atoms with Crippen LogP contribution in [0.5, 0.6) is 0 Å². The van der Waals surface area contributed by atoms with E-state index in [0.29, 0.717) is 6.10 Å². The summed E-state index contributed by atoms with van der Waals surface area (Å²) in [6.45, 7) is 0. The van der Waals surface area contributed by atoms with E-state index in [1.54, 1.807) is 0 Å². The molecule has 2 fully saturated rings. The van der Waals surface area contributed by atoms with Crippen LogP contribution in [-0.2, 0) is 4.74 Å². The first-order valence-electron chi connectivity index (χ1n) is 4.26. The fraction of sp³-hybridized carbons (Fsp3) is 0.889. The van der Waals surface area contributed by atoms with Crippen LogP contribution in [0.3, 0.4) is 0 Å². The lowest BCUT2D eigenvalue weighted by molar-refractivity contribution is 0.0258. The van der Waals surface area contributed by atoms with Gasteiger partial charge in [0.1, 0.15) is 0 Å². The van der Waals surface area contributed by atoms with Crippen LogP contribution in [0.4, 0.5) is 0 Å². The van der Waals surface area contributed by atoms with Crippen molar-refractivity contribution in [3.8, 4) is 0 Å². The first-order chi connectivity index (χ1) is 4.92. The summed E-state index contributed by atoms with van der Waals surface area (Å²) in [5.74, 6) is 1.73. The summed E-state index contributed by atoms with van der Waals surface area (Å²) in [5, 5.41) is 0. The Bertz CT molecular complexity index is 106. The van der Waals surface area contributed by atoms with Gasteiger partial charge in [-0.05, 0) is 43.9 Å². The normalized spacial score (nSPS) is 45.9. The highest BCUT2D eigenvalue weighted by Gasteiger charge is 2.38. The van der Waals surface area contributed by atoms with Gasteiger partial charge in [0.2, 0.25) is 0 Å². The van der Waals surface area contributed by atoms with E-state index in [-0.39, 0.29) is 0 Å². The molecule has 57 valence electrons. The predicted octanol–water partition coefficient (Wildman–Crippen LogP) is 2.03. The van der Waals surface area contributed by atoms with Crippen molar-refractivity contribution in [1.29, 1.82) is 0 Å². The van der Waals surface area contributed by atoms with Crippen molar-refractivity contribution in [3.63, 3.8) is 0 Å². The fourth-order valence-corrected chi connectivity index (χ4v) is 2.55. The molecule has 0 amide bonds. The Hall–Kier alpha value is -0.0400. The minimum atomic E-state index is 0.602. The molecule has 2 saturated carbocycles. The van der Waals surface area contributed by atoms with Crippen molar-refractivity contribution < 1.29 is 4.74 Å². The van der Waals surface area contributed by atoms with Gasteiger partial charge in [-0.2, -0.15) is 0 Å². The smallest absolute Gasteiger partial charge is 0.0627 e. The van der Waals surface area contributed by atoms with Crippen LogP contribution in [0, 0.1) is 18.3 Å². The Labute approximate surface area is 62.8 Å². The third kappa shape index (κ3) is 0.878. The standard InChI is InChI=1S/C9H15O/c1-10-9-7-3-2-4-8(9)6-5-7/h2,7-9H,3-6H2,1H3. The van der Waals surface area contributed by atoms with E-state index in [9.17, 15) is 0 Å². The molecular formula is C9H15O. The third-order valence-corrected chi connectivity index (χ3v) is 3.05. The van der Waals surface area contributed by atoms with Gasteiger partial charge in [0.05, 0.1) is 6.10 Å². The van der Waals surface area contributed by atoms with E-state index in [4.69, 9.17) is 4.74 Å². The molecule has 2 unspecified atom stereocenters. The minimum absolute atomic E-state index is 0.602. The van der Waals surface area contributed by atoms with Crippen LogP contribution in [0.1, 0.15) is 25.7 Å². The van der Waals surface area contributed by atoms with Crippen molar-refractivity contribution in [2.24, 2.45) is 11.8 Å². The molecule has 0 heterocycles. The Balaban J connectivity index is 2.06. The highest BCUT2D eigenvalue weighted by Crippen LogP contribution is 2.42. The lowest BCUT2D eigenvalue weighted by Crippen LogP contribution is -2.27. The van der Waals surface area contributed by atoms with Crippen LogP contribution in [0.2, 0.25) is 0 Å². The van der Waals surface area contributed by atoms with Crippen molar-refractivity contribution in [1.82, 2.24) is 0 Å². The quantitative estimate of drug-likeness (QED) is 0.540. The molecule has 2 rings (SSSR count). The molecule has 0 aromatic rings. The van der Waals surface area contributed by atoms with Gasteiger partial charge in [-0.15, -0.1) is 0 Å². The summed E-state index contributed by atoms with van der Waals surface area (Å²) in [5.41, 5.74) is 0. The molecule has 0 aromatic carbocycles. The number of methoxy groups -OCH3 is 1. The summed E-state index contributed by atoms with van der Waals surface area (Å²) in [7, 11) is 1.86. The number of hydrogen-bond acceptors (Lipinski definition) is 1. The van der Waals surface area contributed by atoms with Crippen molar-refractivity contribution in [3.05, 3.63) is 6.42 Å². The molecule has 1 heteroatoms. The van der Waals surface area contributed by atoms with E-state index in [2.05, 4.69) is 6.42 Å². The highest BCUT2D eigenvalue weighted by atomic mass is 16.5. The fourth-order valence-electron chi connectivity index (χ4n) is 2.55. The first-order valence-corrected chi connectivity index (χ1v) is 4.26. The molecular weight excluding hydrogens is 124 g/mol. The zero-order valence-corrected chi connectivity index (χ0v) is 6.55. The van der Waals surface area contributed by atoms with E-state index >= 15 is 0 Å². The SMILES string of the molecule is COC1C2C[CH]CC1CC2. The summed E-state index contributed by atoms with van der Waals surface area (Å²) in [6, 6.07) is 0. The Morgan fingerprint density at radius 2 is 1.80 bits per heavy atom. The van der Waals surface area contributed by atoms with E-state index < -0.39 is 0 Å². The molecule has 0 N–H and O–H groups in total. The molecule has 0 aliphatic heterocycles. The first kappa shape index (κ1) is 6.66. The van der Waals surface area contributed by atoms with E-state index in [1.165, 1.54) is 25.7 Å². The maximum absolute atomic E-state index is 5.46. The van der Waals surface area contributed by atoms with Gasteiger partial charge in [-0.3, -0.25) is 0 Å². The van der Waals surface area contributed by atoms with Gasteiger partial charge in [0, 0.05) is 7.11 Å². The largest absolute Gasteiger partial charge is 0.381 e. The lowest BCUT2D eigenvalue weighted by Gasteiger charge is -2.28. The van der Waals surface area contributed by atoms with Crippen molar-refractivity contribution >= 4 is 0 Å². The Kier molecular flexibility index (Phi) is 1.69. The van der Waals surface area contributed by atoms with Crippen LogP contribution in [-0.4, -0.2) is 13.2 Å². The molecule has 2 atom stereocenters. The number of ether oxygens (including phenoxy) is 1. The molecule has 1 radical (unpaired) electrons. The summed E-state index contributed by atoms with van der Waals surface area (Å²) >= 11 is 0. The number of rotatable bonds is 1. The van der Waals surface area contributed by atoms with Crippen LogP contribution >= 0.6 is 0 Å². The second-order valence-electron chi connectivity index (χ2n) is 3.56. The van der Waals surface area contributed by atoms with Gasteiger partial charge in [-0.25, -0.2) is 0 Å². The second-order valence-corrected chi connectivity index (χ2v) is 3.56. The molecule has 0 aromatic heterocycles. The maximum atomic E-state index is 5.46. The van der Waals surface area contributed by atoms with Crippen molar-refractivity contribution in [2.45, 2.75) is 31.8 Å². The number of hydrogen-bond donors (Lipinski definition) is 0. The van der Waals surface area contributed by atoms with Crippen LogP contribution in [0.25, 0.3) is 0 Å². The predicted molar refractivity (Wildman–Crippen MR) is 40.5 cm³/mol. The summed E-state index contributed by atoms with van der Waals surface area (Å²) in [4.78, 5) is 0. The zero-order valence-electron chi connectivity index (χ0n) is 6.55. The average Bonchev–Trinajstić information content (AvgIpc) is 2.19. The van der Waals surface area contributed by atoms with Crippen molar-refractivity contribution in [2.75, 3.05) is 7.11 Å².